The monoisotopic (exact) mass is 462 g/mol. The molecule has 7 heteroatoms. The number of amides is 1. The van der Waals surface area contributed by atoms with Gasteiger partial charge >= 0.3 is 0 Å². The van der Waals surface area contributed by atoms with Crippen molar-refractivity contribution in [1.29, 1.82) is 0 Å². The molecular weight excluding hydrogens is 444 g/mol. The number of hydrogen-bond donors (Lipinski definition) is 1. The number of ether oxygens (including phenoxy) is 1. The van der Waals surface area contributed by atoms with E-state index in [1.165, 1.54) is 18.0 Å². The SMILES string of the molecule is O=C(COc1ccc(-c2ccccc2)cc1)N/N=C/c1ccc(Sc2ccc(Cl)cc2)o1. The summed E-state index contributed by atoms with van der Waals surface area (Å²) in [7, 11) is 0. The number of carbonyl (C=O) groups is 1. The Hall–Kier alpha value is -3.48. The van der Waals surface area contributed by atoms with Gasteiger partial charge in [0, 0.05) is 9.92 Å². The van der Waals surface area contributed by atoms with E-state index >= 15 is 0 Å². The molecule has 4 aromatic rings. The number of nitrogens with one attached hydrogen (secondary N) is 1. The number of nitrogens with zero attached hydrogens (tertiary/aromatic N) is 1. The van der Waals surface area contributed by atoms with E-state index < -0.39 is 0 Å². The average molecular weight is 463 g/mol. The largest absolute Gasteiger partial charge is 0.484 e. The Morgan fingerprint density at radius 3 is 2.41 bits per heavy atom. The number of furan rings is 1. The van der Waals surface area contributed by atoms with Crippen molar-refractivity contribution >= 4 is 35.5 Å². The van der Waals surface area contributed by atoms with Gasteiger partial charge in [-0.2, -0.15) is 5.10 Å². The predicted molar refractivity (Wildman–Crippen MR) is 127 cm³/mol. The molecule has 0 radical (unpaired) electrons. The fraction of sp³-hybridized carbons (Fsp3) is 0.0400. The molecule has 5 nitrogen and oxygen atoms in total. The molecule has 1 heterocycles. The summed E-state index contributed by atoms with van der Waals surface area (Å²) < 4.78 is 11.2. The summed E-state index contributed by atoms with van der Waals surface area (Å²) in [5.41, 5.74) is 4.63. The van der Waals surface area contributed by atoms with E-state index in [1.54, 1.807) is 6.07 Å². The highest BCUT2D eigenvalue weighted by molar-refractivity contribution is 7.99. The summed E-state index contributed by atoms with van der Waals surface area (Å²) in [5.74, 6) is 0.772. The van der Waals surface area contributed by atoms with Gasteiger partial charge in [0.1, 0.15) is 11.5 Å². The molecule has 0 atom stereocenters. The molecule has 0 saturated carbocycles. The van der Waals surface area contributed by atoms with Gasteiger partial charge in [0.05, 0.1) is 6.21 Å². The molecule has 1 amide bonds. The average Bonchev–Trinajstić information content (AvgIpc) is 3.27. The normalized spacial score (nSPS) is 10.9. The Balaban J connectivity index is 1.23. The van der Waals surface area contributed by atoms with Crippen LogP contribution in [0.25, 0.3) is 11.1 Å². The Labute approximate surface area is 195 Å². The third kappa shape index (κ3) is 6.26. The lowest BCUT2D eigenvalue weighted by molar-refractivity contribution is -0.123. The molecule has 160 valence electrons. The Morgan fingerprint density at radius 2 is 1.66 bits per heavy atom. The van der Waals surface area contributed by atoms with Crippen molar-refractivity contribution in [1.82, 2.24) is 5.43 Å². The second-order valence-electron chi connectivity index (χ2n) is 6.69. The quantitative estimate of drug-likeness (QED) is 0.247. The minimum Gasteiger partial charge on any atom is -0.484 e. The van der Waals surface area contributed by atoms with Crippen LogP contribution in [0.5, 0.6) is 5.75 Å². The molecule has 32 heavy (non-hydrogen) atoms. The van der Waals surface area contributed by atoms with Crippen molar-refractivity contribution in [2.45, 2.75) is 9.99 Å². The number of hydrogen-bond acceptors (Lipinski definition) is 5. The van der Waals surface area contributed by atoms with Gasteiger partial charge in [-0.1, -0.05) is 65.8 Å². The lowest BCUT2D eigenvalue weighted by Crippen LogP contribution is -2.24. The minimum absolute atomic E-state index is 0.141. The zero-order valence-corrected chi connectivity index (χ0v) is 18.5. The summed E-state index contributed by atoms with van der Waals surface area (Å²) in [6.07, 6.45) is 1.44. The van der Waals surface area contributed by atoms with E-state index in [9.17, 15) is 4.79 Å². The molecule has 3 aromatic carbocycles. The van der Waals surface area contributed by atoms with Crippen LogP contribution in [-0.2, 0) is 4.79 Å². The third-order valence-corrected chi connectivity index (χ3v) is 5.53. The number of rotatable bonds is 8. The van der Waals surface area contributed by atoms with Gasteiger partial charge in [-0.05, 0) is 59.7 Å². The maximum atomic E-state index is 12.0. The maximum absolute atomic E-state index is 12.0. The molecule has 1 aromatic heterocycles. The molecular formula is C25H19ClN2O3S. The van der Waals surface area contributed by atoms with Crippen molar-refractivity contribution in [2.24, 2.45) is 5.10 Å². The Morgan fingerprint density at radius 1 is 0.938 bits per heavy atom. The van der Waals surface area contributed by atoms with Gasteiger partial charge in [0.2, 0.25) is 0 Å². The summed E-state index contributed by atoms with van der Waals surface area (Å²) in [5, 5.41) is 5.31. The Kier molecular flexibility index (Phi) is 7.27. The first-order valence-electron chi connectivity index (χ1n) is 9.79. The lowest BCUT2D eigenvalue weighted by atomic mass is 10.1. The van der Waals surface area contributed by atoms with Gasteiger partial charge in [-0.25, -0.2) is 5.43 Å². The van der Waals surface area contributed by atoms with Crippen molar-refractivity contribution in [2.75, 3.05) is 6.61 Å². The van der Waals surface area contributed by atoms with Crippen LogP contribution in [0.4, 0.5) is 0 Å². The van der Waals surface area contributed by atoms with Gasteiger partial charge in [-0.3, -0.25) is 4.79 Å². The minimum atomic E-state index is -0.365. The molecule has 1 N–H and O–H groups in total. The van der Waals surface area contributed by atoms with E-state index in [0.717, 1.165) is 16.0 Å². The van der Waals surface area contributed by atoms with Crippen LogP contribution in [0, 0.1) is 0 Å². The van der Waals surface area contributed by atoms with Crippen LogP contribution in [0.3, 0.4) is 0 Å². The highest BCUT2D eigenvalue weighted by Crippen LogP contribution is 2.29. The first-order chi connectivity index (χ1) is 15.7. The third-order valence-electron chi connectivity index (χ3n) is 4.35. The van der Waals surface area contributed by atoms with Gasteiger partial charge in [0.25, 0.3) is 5.91 Å². The van der Waals surface area contributed by atoms with Crippen molar-refractivity contribution < 1.29 is 13.9 Å². The van der Waals surface area contributed by atoms with Crippen LogP contribution in [-0.4, -0.2) is 18.7 Å². The fourth-order valence-corrected chi connectivity index (χ4v) is 3.71. The van der Waals surface area contributed by atoms with E-state index in [-0.39, 0.29) is 12.5 Å². The molecule has 0 aliphatic carbocycles. The van der Waals surface area contributed by atoms with Crippen LogP contribution >= 0.6 is 23.4 Å². The standard InChI is InChI=1S/C25H19ClN2O3S/c26-20-8-13-23(14-9-20)32-25-15-12-22(31-25)16-27-28-24(29)17-30-21-10-6-19(7-11-21)18-4-2-1-3-5-18/h1-16H,17H2,(H,28,29)/b27-16+. The summed E-state index contributed by atoms with van der Waals surface area (Å²) in [6.45, 7) is -0.141. The van der Waals surface area contributed by atoms with Crippen LogP contribution in [0.15, 0.2) is 111 Å². The zero-order valence-electron chi connectivity index (χ0n) is 16.9. The van der Waals surface area contributed by atoms with Crippen molar-refractivity contribution in [3.05, 3.63) is 102 Å². The van der Waals surface area contributed by atoms with Crippen molar-refractivity contribution in [3.63, 3.8) is 0 Å². The number of halogens is 1. The van der Waals surface area contributed by atoms with Crippen LogP contribution in [0.2, 0.25) is 5.02 Å². The number of hydrazone groups is 1. The molecule has 0 unspecified atom stereocenters. The van der Waals surface area contributed by atoms with Gasteiger partial charge in [-0.15, -0.1) is 0 Å². The first-order valence-corrected chi connectivity index (χ1v) is 11.0. The van der Waals surface area contributed by atoms with Gasteiger partial charge < -0.3 is 9.15 Å². The maximum Gasteiger partial charge on any atom is 0.277 e. The fourth-order valence-electron chi connectivity index (χ4n) is 2.80. The molecule has 4 rings (SSSR count). The Bertz CT molecular complexity index is 1190. The first kappa shape index (κ1) is 21.7. The number of carbonyl (C=O) groups excluding carboxylic acids is 1. The lowest BCUT2D eigenvalue weighted by Gasteiger charge is -2.06. The predicted octanol–water partition coefficient (Wildman–Crippen LogP) is 6.28. The molecule has 0 fully saturated rings. The zero-order chi connectivity index (χ0) is 22.2. The highest BCUT2D eigenvalue weighted by Gasteiger charge is 2.05. The van der Waals surface area contributed by atoms with Crippen molar-refractivity contribution in [3.8, 4) is 16.9 Å². The molecule has 0 aliphatic heterocycles. The summed E-state index contributed by atoms with van der Waals surface area (Å²) in [4.78, 5) is 13.0. The molecule has 0 aliphatic rings. The van der Waals surface area contributed by atoms with Crippen LogP contribution < -0.4 is 10.2 Å². The van der Waals surface area contributed by atoms with E-state index in [2.05, 4.69) is 10.5 Å². The summed E-state index contributed by atoms with van der Waals surface area (Å²) in [6, 6.07) is 28.7. The summed E-state index contributed by atoms with van der Waals surface area (Å²) >= 11 is 7.36. The second-order valence-corrected chi connectivity index (χ2v) is 8.20. The topological polar surface area (TPSA) is 63.8 Å². The van der Waals surface area contributed by atoms with Crippen LogP contribution in [0.1, 0.15) is 5.76 Å². The number of benzene rings is 3. The molecule has 0 spiro atoms. The highest BCUT2D eigenvalue weighted by atomic mass is 35.5. The molecule has 0 saturated heterocycles. The molecule has 0 bridgehead atoms. The van der Waals surface area contributed by atoms with E-state index in [0.29, 0.717) is 21.6 Å². The van der Waals surface area contributed by atoms with E-state index in [4.69, 9.17) is 20.8 Å². The van der Waals surface area contributed by atoms with Gasteiger partial charge in [0.15, 0.2) is 11.7 Å². The smallest absolute Gasteiger partial charge is 0.277 e. The van der Waals surface area contributed by atoms with E-state index in [1.807, 2.05) is 84.9 Å². The second kappa shape index (κ2) is 10.7.